The van der Waals surface area contributed by atoms with E-state index in [1.165, 1.54) is 22.6 Å². The lowest BCUT2D eigenvalue weighted by Gasteiger charge is -2.24. The van der Waals surface area contributed by atoms with Crippen LogP contribution in [0.1, 0.15) is 35.5 Å². The number of hydrogen-bond acceptors (Lipinski definition) is 7. The highest BCUT2D eigenvalue weighted by Crippen LogP contribution is 2.35. The summed E-state index contributed by atoms with van der Waals surface area (Å²) < 4.78 is 39.8. The molecule has 0 bridgehead atoms. The number of rotatable bonds is 10. The summed E-state index contributed by atoms with van der Waals surface area (Å²) in [7, 11) is -2.32. The minimum Gasteiger partial charge on any atom is -0.493 e. The fraction of sp³-hybridized carbons (Fsp3) is 0.214. The van der Waals surface area contributed by atoms with Gasteiger partial charge in [0.1, 0.15) is 5.01 Å². The van der Waals surface area contributed by atoms with E-state index in [2.05, 4.69) is 0 Å². The number of ketones is 1. The second-order valence-corrected chi connectivity index (χ2v) is 11.1. The van der Waals surface area contributed by atoms with Crippen molar-refractivity contribution in [2.24, 2.45) is 0 Å². The summed E-state index contributed by atoms with van der Waals surface area (Å²) in [5, 5.41) is 2.58. The Morgan fingerprint density at radius 1 is 1.00 bits per heavy atom. The molecule has 0 aliphatic rings. The van der Waals surface area contributed by atoms with Gasteiger partial charge in [-0.3, -0.25) is 9.10 Å². The molecule has 4 aromatic rings. The topological polar surface area (TPSA) is 85.8 Å². The third-order valence-corrected chi connectivity index (χ3v) is 8.47. The number of carbonyl (C=O) groups excluding carboxylic acids is 1. The van der Waals surface area contributed by atoms with E-state index in [0.717, 1.165) is 16.1 Å². The van der Waals surface area contributed by atoms with Crippen molar-refractivity contribution < 1.29 is 22.7 Å². The summed E-state index contributed by atoms with van der Waals surface area (Å²) >= 11 is 1.42. The van der Waals surface area contributed by atoms with Gasteiger partial charge in [0.2, 0.25) is 0 Å². The summed E-state index contributed by atoms with van der Waals surface area (Å²) in [6.07, 6.45) is 0. The molecule has 0 amide bonds. The van der Waals surface area contributed by atoms with Crippen molar-refractivity contribution in [3.8, 4) is 22.1 Å². The lowest BCUT2D eigenvalue weighted by atomic mass is 10.1. The van der Waals surface area contributed by atoms with Gasteiger partial charge in [-0.05, 0) is 75.4 Å². The molecule has 1 heterocycles. The van der Waals surface area contributed by atoms with Crippen LogP contribution in [0.5, 0.6) is 11.5 Å². The number of Topliss-reactive ketones (excluding diaryl/α,β-unsaturated/α-hetero) is 1. The zero-order valence-corrected chi connectivity index (χ0v) is 22.7. The van der Waals surface area contributed by atoms with Crippen molar-refractivity contribution in [2.45, 2.75) is 32.2 Å². The fourth-order valence-electron chi connectivity index (χ4n) is 3.75. The van der Waals surface area contributed by atoms with Gasteiger partial charge in [-0.25, -0.2) is 13.4 Å². The highest BCUT2D eigenvalue weighted by Gasteiger charge is 2.26. The van der Waals surface area contributed by atoms with E-state index in [1.807, 2.05) is 37.4 Å². The second kappa shape index (κ2) is 11.1. The Bertz CT molecular complexity index is 1490. The third-order valence-electron chi connectivity index (χ3n) is 5.74. The van der Waals surface area contributed by atoms with Gasteiger partial charge in [-0.15, -0.1) is 11.3 Å². The molecule has 4 rings (SSSR count). The summed E-state index contributed by atoms with van der Waals surface area (Å²) in [6.45, 7) is 5.84. The molecule has 0 spiro atoms. The van der Waals surface area contributed by atoms with Crippen molar-refractivity contribution in [2.75, 3.05) is 18.0 Å². The molecule has 0 N–H and O–H groups in total. The Hall–Kier alpha value is -3.69. The summed E-state index contributed by atoms with van der Waals surface area (Å²) in [5.74, 6) is 1.16. The van der Waals surface area contributed by atoms with Crippen LogP contribution in [-0.2, 0) is 16.6 Å². The summed E-state index contributed by atoms with van der Waals surface area (Å²) in [4.78, 5) is 16.7. The molecular weight excluding hydrogens is 508 g/mol. The minimum absolute atomic E-state index is 0.0281. The Morgan fingerprint density at radius 3 is 2.32 bits per heavy atom. The first-order chi connectivity index (χ1) is 17.7. The maximum atomic E-state index is 13.7. The van der Waals surface area contributed by atoms with Gasteiger partial charge < -0.3 is 9.47 Å². The lowest BCUT2D eigenvalue weighted by molar-refractivity contribution is 0.101. The first-order valence-corrected chi connectivity index (χ1v) is 14.0. The molecule has 9 heteroatoms. The van der Waals surface area contributed by atoms with E-state index in [9.17, 15) is 13.2 Å². The van der Waals surface area contributed by atoms with Crippen LogP contribution < -0.4 is 13.8 Å². The Morgan fingerprint density at radius 2 is 1.70 bits per heavy atom. The number of aryl methyl sites for hydroxylation is 1. The maximum absolute atomic E-state index is 13.7. The van der Waals surface area contributed by atoms with Gasteiger partial charge in [0.05, 0.1) is 36.5 Å². The standard InChI is InChI=1S/C28H28N2O5S2/c1-5-35-26-15-10-22(16-27(26)34-4)28-29-23(18-36-28)17-30(24-11-8-21(9-12-24)20(3)31)37(32,33)25-13-6-19(2)7-14-25/h6-16,18H,5,17H2,1-4H3. The van der Waals surface area contributed by atoms with Gasteiger partial charge in [-0.2, -0.15) is 0 Å². The van der Waals surface area contributed by atoms with Crippen LogP contribution in [0, 0.1) is 6.92 Å². The van der Waals surface area contributed by atoms with E-state index in [1.54, 1.807) is 55.6 Å². The molecule has 0 aliphatic carbocycles. The highest BCUT2D eigenvalue weighted by molar-refractivity contribution is 7.92. The monoisotopic (exact) mass is 536 g/mol. The number of hydrogen-bond donors (Lipinski definition) is 0. The molecule has 0 aliphatic heterocycles. The van der Waals surface area contributed by atoms with E-state index in [0.29, 0.717) is 35.1 Å². The Kier molecular flexibility index (Phi) is 7.94. The van der Waals surface area contributed by atoms with Crippen LogP contribution in [0.4, 0.5) is 5.69 Å². The number of nitrogens with zero attached hydrogens (tertiary/aromatic N) is 2. The first-order valence-electron chi connectivity index (χ1n) is 11.7. The second-order valence-electron chi connectivity index (χ2n) is 8.37. The Labute approximate surface area is 221 Å². The zero-order chi connectivity index (χ0) is 26.6. The number of aromatic nitrogens is 1. The molecule has 3 aromatic carbocycles. The third kappa shape index (κ3) is 5.84. The number of methoxy groups -OCH3 is 1. The van der Waals surface area contributed by atoms with Crippen LogP contribution in [0.25, 0.3) is 10.6 Å². The lowest BCUT2D eigenvalue weighted by Crippen LogP contribution is -2.30. The van der Waals surface area contributed by atoms with Crippen LogP contribution in [0.3, 0.4) is 0 Å². The SMILES string of the molecule is CCOc1ccc(-c2nc(CN(c3ccc(C(C)=O)cc3)S(=O)(=O)c3ccc(C)cc3)cs2)cc1OC. The quantitative estimate of drug-likeness (QED) is 0.227. The minimum atomic E-state index is -3.90. The average Bonchev–Trinajstić information content (AvgIpc) is 3.37. The number of thiazole rings is 1. The van der Waals surface area contributed by atoms with E-state index >= 15 is 0 Å². The number of anilines is 1. The van der Waals surface area contributed by atoms with Crippen molar-refractivity contribution >= 4 is 32.8 Å². The average molecular weight is 537 g/mol. The zero-order valence-electron chi connectivity index (χ0n) is 21.1. The van der Waals surface area contributed by atoms with Crippen LogP contribution in [0.2, 0.25) is 0 Å². The molecule has 0 atom stereocenters. The molecule has 0 unspecified atom stereocenters. The van der Waals surface area contributed by atoms with Crippen LogP contribution >= 0.6 is 11.3 Å². The highest BCUT2D eigenvalue weighted by atomic mass is 32.2. The molecule has 0 radical (unpaired) electrons. The molecule has 192 valence electrons. The largest absolute Gasteiger partial charge is 0.493 e. The molecule has 1 aromatic heterocycles. The fourth-order valence-corrected chi connectivity index (χ4v) is 5.99. The van der Waals surface area contributed by atoms with Gasteiger partial charge >= 0.3 is 0 Å². The normalized spacial score (nSPS) is 11.2. The van der Waals surface area contributed by atoms with Crippen molar-refractivity contribution in [1.29, 1.82) is 0 Å². The summed E-state index contributed by atoms with van der Waals surface area (Å²) in [5.41, 5.74) is 3.36. The van der Waals surface area contributed by atoms with Gasteiger partial charge in [0.15, 0.2) is 17.3 Å². The van der Waals surface area contributed by atoms with Crippen LogP contribution in [-0.4, -0.2) is 32.9 Å². The molecule has 37 heavy (non-hydrogen) atoms. The van der Waals surface area contributed by atoms with E-state index < -0.39 is 10.0 Å². The molecule has 0 fully saturated rings. The predicted octanol–water partition coefficient (Wildman–Crippen LogP) is 6.12. The summed E-state index contributed by atoms with van der Waals surface area (Å²) in [6, 6.07) is 18.9. The number of benzene rings is 3. The molecular formula is C28H28N2O5S2. The number of carbonyl (C=O) groups is 1. The molecule has 0 saturated carbocycles. The predicted molar refractivity (Wildman–Crippen MR) is 146 cm³/mol. The van der Waals surface area contributed by atoms with Gasteiger partial charge in [-0.1, -0.05) is 17.7 Å². The van der Waals surface area contributed by atoms with E-state index in [-0.39, 0.29) is 17.2 Å². The van der Waals surface area contributed by atoms with Crippen molar-refractivity contribution in [3.05, 3.63) is 88.9 Å². The van der Waals surface area contributed by atoms with Gasteiger partial charge in [0.25, 0.3) is 10.0 Å². The van der Waals surface area contributed by atoms with E-state index in [4.69, 9.17) is 14.5 Å². The molecule has 0 saturated heterocycles. The van der Waals surface area contributed by atoms with Crippen molar-refractivity contribution in [3.63, 3.8) is 0 Å². The molecule has 7 nitrogen and oxygen atoms in total. The van der Waals surface area contributed by atoms with Crippen molar-refractivity contribution in [1.82, 2.24) is 4.98 Å². The maximum Gasteiger partial charge on any atom is 0.264 e. The number of ether oxygens (including phenoxy) is 2. The van der Waals surface area contributed by atoms with Crippen LogP contribution in [0.15, 0.2) is 77.0 Å². The number of sulfonamides is 1. The Balaban J connectivity index is 1.70. The smallest absolute Gasteiger partial charge is 0.264 e. The van der Waals surface area contributed by atoms with Gasteiger partial charge in [0, 0.05) is 16.5 Å². The first kappa shape index (κ1) is 26.4.